The number of benzene rings is 2. The number of nitrogens with zero attached hydrogens (tertiary/aromatic N) is 2. The minimum atomic E-state index is -0.615. The summed E-state index contributed by atoms with van der Waals surface area (Å²) in [4.78, 5) is 23.8. The highest BCUT2D eigenvalue weighted by atomic mass is 32.1. The molecule has 3 aromatic rings. The van der Waals surface area contributed by atoms with Crippen molar-refractivity contribution < 1.29 is 19.1 Å². The molecule has 7 nitrogen and oxygen atoms in total. The van der Waals surface area contributed by atoms with Crippen molar-refractivity contribution in [2.75, 3.05) is 18.5 Å². The third-order valence-electron chi connectivity index (χ3n) is 3.57. The lowest BCUT2D eigenvalue weighted by molar-refractivity contribution is -0.142. The quantitative estimate of drug-likeness (QED) is 0.357. The van der Waals surface area contributed by atoms with E-state index in [1.165, 1.54) is 6.08 Å². The van der Waals surface area contributed by atoms with Crippen LogP contribution in [0.3, 0.4) is 0 Å². The molecule has 0 bridgehead atoms. The maximum Gasteiger partial charge on any atom is 0.331 e. The average molecular weight is 395 g/mol. The molecule has 0 atom stereocenters. The van der Waals surface area contributed by atoms with Crippen molar-refractivity contribution in [2.45, 2.75) is 0 Å². The number of carbonyl (C=O) groups excluding carboxylic acids is 2. The van der Waals surface area contributed by atoms with Crippen LogP contribution in [-0.4, -0.2) is 33.8 Å². The average Bonchev–Trinajstić information content (AvgIpc) is 3.20. The van der Waals surface area contributed by atoms with Crippen LogP contribution in [0.1, 0.15) is 5.56 Å². The fourth-order valence-electron chi connectivity index (χ4n) is 2.27. The summed E-state index contributed by atoms with van der Waals surface area (Å²) in [7, 11) is 0. The molecule has 3 rings (SSSR count). The Hall–Kier alpha value is -3.52. The smallest absolute Gasteiger partial charge is 0.331 e. The van der Waals surface area contributed by atoms with Crippen LogP contribution >= 0.6 is 11.7 Å². The molecule has 1 aromatic heterocycles. The van der Waals surface area contributed by atoms with Crippen LogP contribution < -0.4 is 10.1 Å². The number of anilines is 1. The summed E-state index contributed by atoms with van der Waals surface area (Å²) in [5.41, 5.74) is 2.63. The number of amides is 1. The van der Waals surface area contributed by atoms with Crippen LogP contribution in [0, 0.1) is 0 Å². The van der Waals surface area contributed by atoms with Crippen LogP contribution in [0.25, 0.3) is 17.1 Å². The number of ether oxygens (including phenoxy) is 2. The normalized spacial score (nSPS) is 10.7. The Morgan fingerprint density at radius 2 is 1.96 bits per heavy atom. The summed E-state index contributed by atoms with van der Waals surface area (Å²) in [5.74, 6) is -0.358. The molecule has 142 valence electrons. The second-order valence-electron chi connectivity index (χ2n) is 5.60. The van der Waals surface area contributed by atoms with Crippen LogP contribution in [-0.2, 0) is 14.3 Å². The highest BCUT2D eigenvalue weighted by molar-refractivity contribution is 7.00. The van der Waals surface area contributed by atoms with Crippen molar-refractivity contribution in [3.63, 3.8) is 0 Å². The van der Waals surface area contributed by atoms with Crippen LogP contribution in [0.2, 0.25) is 0 Å². The van der Waals surface area contributed by atoms with Gasteiger partial charge in [0.25, 0.3) is 5.91 Å². The van der Waals surface area contributed by atoms with Crippen LogP contribution in [0.5, 0.6) is 5.75 Å². The topological polar surface area (TPSA) is 90.4 Å². The summed E-state index contributed by atoms with van der Waals surface area (Å²) >= 11 is 1.06. The van der Waals surface area contributed by atoms with E-state index in [9.17, 15) is 9.59 Å². The van der Waals surface area contributed by atoms with E-state index in [4.69, 9.17) is 9.47 Å². The monoisotopic (exact) mass is 395 g/mol. The van der Waals surface area contributed by atoms with E-state index in [2.05, 4.69) is 20.6 Å². The van der Waals surface area contributed by atoms with Gasteiger partial charge in [-0.05, 0) is 35.9 Å². The van der Waals surface area contributed by atoms with Crippen LogP contribution in [0.15, 0.2) is 61.2 Å². The molecule has 1 N–H and O–H groups in total. The lowest BCUT2D eigenvalue weighted by Gasteiger charge is -2.05. The van der Waals surface area contributed by atoms with Gasteiger partial charge in [0, 0.05) is 6.08 Å². The van der Waals surface area contributed by atoms with Gasteiger partial charge < -0.3 is 14.8 Å². The molecule has 0 unspecified atom stereocenters. The van der Waals surface area contributed by atoms with Crippen molar-refractivity contribution in [1.29, 1.82) is 0 Å². The molecular formula is C20H17N3O4S. The van der Waals surface area contributed by atoms with Crippen molar-refractivity contribution in [2.24, 2.45) is 0 Å². The summed E-state index contributed by atoms with van der Waals surface area (Å²) < 4.78 is 18.6. The third-order valence-corrected chi connectivity index (χ3v) is 4.11. The molecule has 0 fully saturated rings. The standard InChI is InChI=1S/C20H17N3O4S/c1-2-12-26-15-9-6-14(7-10-15)8-11-19(25)27-13-18(24)21-16-4-3-5-17-20(16)23-28-22-17/h2-11H,1,12-13H2,(H,21,24)/b11-8+. The summed E-state index contributed by atoms with van der Waals surface area (Å²) in [6.07, 6.45) is 4.52. The second kappa shape index (κ2) is 9.43. The van der Waals surface area contributed by atoms with E-state index in [-0.39, 0.29) is 0 Å². The highest BCUT2D eigenvalue weighted by Crippen LogP contribution is 2.21. The first-order chi connectivity index (χ1) is 13.7. The van der Waals surface area contributed by atoms with Crippen molar-refractivity contribution in [3.8, 4) is 5.75 Å². The van der Waals surface area contributed by atoms with Gasteiger partial charge in [0.1, 0.15) is 23.4 Å². The second-order valence-corrected chi connectivity index (χ2v) is 6.12. The number of fused-ring (bicyclic) bond motifs is 1. The van der Waals surface area contributed by atoms with E-state index in [0.29, 0.717) is 29.1 Å². The lowest BCUT2D eigenvalue weighted by atomic mass is 10.2. The van der Waals surface area contributed by atoms with Gasteiger partial charge >= 0.3 is 5.97 Å². The molecule has 0 saturated carbocycles. The van der Waals surface area contributed by atoms with Crippen LogP contribution in [0.4, 0.5) is 5.69 Å². The Kier molecular flexibility index (Phi) is 6.48. The van der Waals surface area contributed by atoms with Gasteiger partial charge in [0.05, 0.1) is 17.4 Å². The zero-order chi connectivity index (χ0) is 19.8. The molecule has 28 heavy (non-hydrogen) atoms. The number of rotatable bonds is 8. The fourth-order valence-corrected chi connectivity index (χ4v) is 2.82. The Morgan fingerprint density at radius 1 is 1.14 bits per heavy atom. The molecule has 1 heterocycles. The molecule has 8 heteroatoms. The SMILES string of the molecule is C=CCOc1ccc(/C=C/C(=O)OCC(=O)Nc2cccc3nsnc23)cc1. The van der Waals surface area contributed by atoms with Gasteiger partial charge in [-0.15, -0.1) is 0 Å². The number of esters is 1. The maximum absolute atomic E-state index is 12.0. The Balaban J connectivity index is 1.48. The van der Waals surface area contributed by atoms with E-state index < -0.39 is 18.5 Å². The largest absolute Gasteiger partial charge is 0.490 e. The predicted molar refractivity (Wildman–Crippen MR) is 108 cm³/mol. The fraction of sp³-hybridized carbons (Fsp3) is 0.100. The molecule has 2 aromatic carbocycles. The molecule has 1 amide bonds. The minimum absolute atomic E-state index is 0.397. The van der Waals surface area contributed by atoms with E-state index in [0.717, 1.165) is 17.3 Å². The third kappa shape index (κ3) is 5.24. The number of hydrogen-bond donors (Lipinski definition) is 1. The molecule has 0 saturated heterocycles. The zero-order valence-electron chi connectivity index (χ0n) is 14.8. The van der Waals surface area contributed by atoms with Gasteiger partial charge in [-0.25, -0.2) is 4.79 Å². The van der Waals surface area contributed by atoms with Gasteiger partial charge in [-0.2, -0.15) is 8.75 Å². The number of hydrogen-bond acceptors (Lipinski definition) is 7. The number of carbonyl (C=O) groups is 2. The number of nitrogens with one attached hydrogen (secondary N) is 1. The summed E-state index contributed by atoms with van der Waals surface area (Å²) in [6, 6.07) is 12.5. The predicted octanol–water partition coefficient (Wildman–Crippen LogP) is 3.45. The molecule has 0 aliphatic heterocycles. The maximum atomic E-state index is 12.0. The lowest BCUT2D eigenvalue weighted by Crippen LogP contribution is -2.20. The van der Waals surface area contributed by atoms with Gasteiger partial charge in [0.2, 0.25) is 0 Å². The molecule has 0 spiro atoms. The highest BCUT2D eigenvalue weighted by Gasteiger charge is 2.10. The molecule has 0 aliphatic carbocycles. The first-order valence-corrected chi connectivity index (χ1v) is 9.08. The summed E-state index contributed by atoms with van der Waals surface area (Å²) in [5, 5.41) is 2.67. The Labute approximate surface area is 165 Å². The van der Waals surface area contributed by atoms with E-state index in [1.54, 1.807) is 54.6 Å². The Bertz CT molecular complexity index is 1010. The first-order valence-electron chi connectivity index (χ1n) is 8.35. The molecule has 0 radical (unpaired) electrons. The van der Waals surface area contributed by atoms with Crippen molar-refractivity contribution in [3.05, 3.63) is 66.8 Å². The van der Waals surface area contributed by atoms with Crippen molar-refractivity contribution in [1.82, 2.24) is 8.75 Å². The van der Waals surface area contributed by atoms with Gasteiger partial charge in [-0.1, -0.05) is 30.9 Å². The van der Waals surface area contributed by atoms with E-state index >= 15 is 0 Å². The van der Waals surface area contributed by atoms with Gasteiger partial charge in [0.15, 0.2) is 6.61 Å². The number of aromatic nitrogens is 2. The first kappa shape index (κ1) is 19.2. The van der Waals surface area contributed by atoms with Gasteiger partial charge in [-0.3, -0.25) is 4.79 Å². The zero-order valence-corrected chi connectivity index (χ0v) is 15.6. The van der Waals surface area contributed by atoms with Crippen molar-refractivity contribution >= 4 is 46.4 Å². The molecular weight excluding hydrogens is 378 g/mol. The minimum Gasteiger partial charge on any atom is -0.490 e. The Morgan fingerprint density at radius 3 is 2.75 bits per heavy atom. The molecule has 0 aliphatic rings. The summed E-state index contributed by atoms with van der Waals surface area (Å²) in [6.45, 7) is 3.61. The van der Waals surface area contributed by atoms with E-state index in [1.807, 2.05) is 0 Å².